The fraction of sp³-hybridized carbons (Fsp3) is 0.439. The number of fused-ring (bicyclic) bond motifs is 4. The molecule has 1 aromatic heterocycles. The minimum absolute atomic E-state index is 0.0368. The molecule has 3 aromatic rings. The number of ether oxygens (including phenoxy) is 2. The number of aliphatic hydroxyl groups is 6. The number of aromatic nitrogens is 1. The number of rotatable bonds is 4. The average molecular weight is 787 g/mol. The van der Waals surface area contributed by atoms with E-state index in [2.05, 4.69) is 10.3 Å². The Hall–Kier alpha value is -3.73. The summed E-state index contributed by atoms with van der Waals surface area (Å²) in [5, 5.41) is 71.9. The number of ketones is 2. The van der Waals surface area contributed by atoms with E-state index in [4.69, 9.17) is 9.47 Å². The highest BCUT2D eigenvalue weighted by Gasteiger charge is 2.68. The number of pyridine rings is 1. The Morgan fingerprint density at radius 2 is 1.85 bits per heavy atom. The second kappa shape index (κ2) is 13.7. The molecule has 12 nitrogen and oxygen atoms in total. The Morgan fingerprint density at radius 1 is 1.04 bits per heavy atom. The highest BCUT2D eigenvalue weighted by atomic mass is 33.1. The number of anilines is 1. The van der Waals surface area contributed by atoms with Gasteiger partial charge in [0.15, 0.2) is 11.6 Å². The number of carbonyl (C=O) groups excluding carboxylic acids is 2. The summed E-state index contributed by atoms with van der Waals surface area (Å²) in [4.78, 5) is 34.5. The molecule has 1 spiro atoms. The lowest BCUT2D eigenvalue weighted by molar-refractivity contribution is -0.376. The fourth-order valence-electron chi connectivity index (χ4n) is 9.62. The summed E-state index contributed by atoms with van der Waals surface area (Å²) in [6.07, 6.45) is 2.34. The van der Waals surface area contributed by atoms with Crippen molar-refractivity contribution >= 4 is 39.0 Å². The van der Waals surface area contributed by atoms with Crippen LogP contribution in [0.1, 0.15) is 62.2 Å². The molecule has 9 bridgehead atoms. The van der Waals surface area contributed by atoms with Crippen LogP contribution in [0.3, 0.4) is 0 Å². The van der Waals surface area contributed by atoms with Crippen molar-refractivity contribution in [2.24, 2.45) is 17.3 Å². The summed E-state index contributed by atoms with van der Waals surface area (Å²) < 4.78 is 12.5. The molecule has 7 N–H and O–H groups in total. The van der Waals surface area contributed by atoms with Crippen LogP contribution >= 0.6 is 21.6 Å². The first-order chi connectivity index (χ1) is 26.5. The number of nitrogens with one attached hydrogen (secondary N) is 1. The van der Waals surface area contributed by atoms with Crippen LogP contribution in [0.4, 0.5) is 5.82 Å². The lowest BCUT2D eigenvalue weighted by atomic mass is 9.60. The van der Waals surface area contributed by atoms with E-state index in [1.165, 1.54) is 33.7 Å². The molecule has 0 unspecified atom stereocenters. The summed E-state index contributed by atoms with van der Waals surface area (Å²) in [6.45, 7) is -0.806. The summed E-state index contributed by atoms with van der Waals surface area (Å²) in [7, 11) is 2.89. The minimum Gasteiger partial charge on any atom is -0.511 e. The molecule has 9 atom stereocenters. The number of carbonyl (C=O) groups is 2. The smallest absolute Gasteiger partial charge is 0.229 e. The van der Waals surface area contributed by atoms with Crippen LogP contribution < -0.4 is 10.1 Å². The van der Waals surface area contributed by atoms with Gasteiger partial charge in [-0.15, -0.1) is 0 Å². The minimum atomic E-state index is -2.19. The molecule has 3 aliphatic carbocycles. The van der Waals surface area contributed by atoms with Crippen molar-refractivity contribution < 1.29 is 49.7 Å². The van der Waals surface area contributed by atoms with Gasteiger partial charge in [0.1, 0.15) is 46.2 Å². The second-order valence-electron chi connectivity index (χ2n) is 15.6. The van der Waals surface area contributed by atoms with Crippen molar-refractivity contribution in [3.8, 4) is 5.75 Å². The quantitative estimate of drug-likeness (QED) is 0.188. The van der Waals surface area contributed by atoms with Crippen molar-refractivity contribution in [3.63, 3.8) is 0 Å². The molecule has 2 fully saturated rings. The van der Waals surface area contributed by atoms with Gasteiger partial charge in [-0.3, -0.25) is 9.59 Å². The molecule has 0 radical (unpaired) electrons. The summed E-state index contributed by atoms with van der Waals surface area (Å²) in [5.74, 6) is -2.31. The summed E-state index contributed by atoms with van der Waals surface area (Å²) in [5.41, 5.74) is -1.46. The molecule has 5 heterocycles. The highest BCUT2D eigenvalue weighted by Crippen LogP contribution is 2.55. The van der Waals surface area contributed by atoms with Crippen molar-refractivity contribution in [2.75, 3.05) is 17.7 Å². The molecule has 0 amide bonds. The first-order valence-corrected chi connectivity index (χ1v) is 21.0. The molecule has 288 valence electrons. The maximum Gasteiger partial charge on any atom is 0.229 e. The number of benzene rings is 2. The predicted molar refractivity (Wildman–Crippen MR) is 205 cm³/mol. The molecule has 7 aliphatic rings. The van der Waals surface area contributed by atoms with Crippen LogP contribution in [0.15, 0.2) is 78.2 Å². The average Bonchev–Trinajstić information content (AvgIpc) is 3.19. The number of hydrogen-bond acceptors (Lipinski definition) is 14. The Morgan fingerprint density at radius 3 is 2.67 bits per heavy atom. The standard InChI is InChI=1S/C41H42N2O10S2/c44-18-22-4-1-3-21(13-22)14-23-15-28-33(47)27-5-2-6-29-32(27)34(48)40(28,30(46)16-23)20-54-55-31-8-7-26-24(10-12-42-36(26)43-31)17-25-9-11-39(19-45)38(50)41(25,51)35(49)37(52-29)53-39/h1-6,10,12-13,15-16,25,28,31,35,37-38,44-46,49-51H,7-9,11,14,17-20H2,(H,42,43)/t25-,28-,31-,35+,37-,38-,39-,40+,41-/m1/s1. The molecule has 55 heavy (non-hydrogen) atoms. The number of hydrogen-bond donors (Lipinski definition) is 7. The van der Waals surface area contributed by atoms with E-state index in [0.29, 0.717) is 43.5 Å². The van der Waals surface area contributed by atoms with Gasteiger partial charge in [-0.1, -0.05) is 64.1 Å². The van der Waals surface area contributed by atoms with Gasteiger partial charge in [0, 0.05) is 17.5 Å². The third kappa shape index (κ3) is 5.63. The van der Waals surface area contributed by atoms with Crippen molar-refractivity contribution in [3.05, 3.63) is 112 Å². The highest BCUT2D eigenvalue weighted by molar-refractivity contribution is 8.77. The maximum absolute atomic E-state index is 15.2. The molecular weight excluding hydrogens is 745 g/mol. The molecule has 10 rings (SSSR count). The normalized spacial score (nSPS) is 35.1. The number of allylic oxidation sites excluding steroid dienone is 4. The van der Waals surface area contributed by atoms with E-state index in [9.17, 15) is 35.4 Å². The van der Waals surface area contributed by atoms with Gasteiger partial charge in [0.05, 0.1) is 30.1 Å². The number of nitrogens with zero attached hydrogens (tertiary/aromatic N) is 1. The van der Waals surface area contributed by atoms with E-state index in [1.807, 2.05) is 24.3 Å². The lowest BCUT2D eigenvalue weighted by Crippen LogP contribution is -2.78. The zero-order valence-electron chi connectivity index (χ0n) is 29.8. The van der Waals surface area contributed by atoms with E-state index >= 15 is 4.79 Å². The van der Waals surface area contributed by atoms with Crippen LogP contribution in [-0.4, -0.2) is 94.6 Å². The molecular formula is C41H42N2O10S2. The molecule has 4 aliphatic heterocycles. The topological polar surface area (TPSA) is 199 Å². The third-order valence-corrected chi connectivity index (χ3v) is 15.4. The first-order valence-electron chi connectivity index (χ1n) is 18.6. The van der Waals surface area contributed by atoms with Gasteiger partial charge >= 0.3 is 0 Å². The Kier molecular flexibility index (Phi) is 9.21. The monoisotopic (exact) mass is 786 g/mol. The summed E-state index contributed by atoms with van der Waals surface area (Å²) in [6, 6.07) is 13.8. The van der Waals surface area contributed by atoms with E-state index in [0.717, 1.165) is 22.3 Å². The molecule has 1 saturated heterocycles. The van der Waals surface area contributed by atoms with Gasteiger partial charge in [-0.2, -0.15) is 0 Å². The Labute approximate surface area is 325 Å². The summed E-state index contributed by atoms with van der Waals surface area (Å²) >= 11 is 0. The zero-order chi connectivity index (χ0) is 38.3. The largest absolute Gasteiger partial charge is 0.511 e. The zero-order valence-corrected chi connectivity index (χ0v) is 31.4. The van der Waals surface area contributed by atoms with E-state index < -0.39 is 65.1 Å². The molecule has 2 aromatic carbocycles. The molecule has 1 saturated carbocycles. The van der Waals surface area contributed by atoms with Crippen LogP contribution in [0.2, 0.25) is 0 Å². The first kappa shape index (κ1) is 36.9. The third-order valence-electron chi connectivity index (χ3n) is 12.6. The van der Waals surface area contributed by atoms with Gasteiger partial charge < -0.3 is 45.4 Å². The van der Waals surface area contributed by atoms with Gasteiger partial charge in [-0.25, -0.2) is 4.98 Å². The van der Waals surface area contributed by atoms with Crippen molar-refractivity contribution in [1.29, 1.82) is 0 Å². The number of Topliss-reactive ketones (excluding diaryl/α,β-unsaturated/α-hetero) is 2. The van der Waals surface area contributed by atoms with Crippen molar-refractivity contribution in [2.45, 2.75) is 80.2 Å². The van der Waals surface area contributed by atoms with Crippen LogP contribution in [0.25, 0.3) is 0 Å². The maximum atomic E-state index is 15.2. The van der Waals surface area contributed by atoms with Crippen LogP contribution in [-0.2, 0) is 30.6 Å². The Bertz CT molecular complexity index is 2140. The van der Waals surface area contributed by atoms with Gasteiger partial charge in [-0.05, 0) is 90.5 Å². The fourth-order valence-corrected chi connectivity index (χ4v) is 12.6. The number of aliphatic hydroxyl groups excluding tert-OH is 5. The van der Waals surface area contributed by atoms with Crippen LogP contribution in [0.5, 0.6) is 5.75 Å². The second-order valence-corrected chi connectivity index (χ2v) is 18.1. The lowest BCUT2D eigenvalue weighted by Gasteiger charge is -2.59. The van der Waals surface area contributed by atoms with Gasteiger partial charge in [0.2, 0.25) is 6.29 Å². The van der Waals surface area contributed by atoms with Crippen molar-refractivity contribution in [1.82, 2.24) is 4.98 Å². The predicted octanol–water partition coefficient (Wildman–Crippen LogP) is 3.83. The Balaban J connectivity index is 1.17. The van der Waals surface area contributed by atoms with E-state index in [1.54, 1.807) is 30.5 Å². The van der Waals surface area contributed by atoms with E-state index in [-0.39, 0.29) is 46.8 Å². The SMILES string of the molecule is O=C1c2cccc3c2C(=O)[C@]2(CSS[C@@H]4CCc5c(ccnc5N4)C[C@H]4CC[C@]5(CO)O[C@@H](O3)[C@H](O)[C@@]4(O)[C@@H]5O)C(O)=CC(Cc3cccc(CO)c3)=C[C@H]12. The van der Waals surface area contributed by atoms with Crippen LogP contribution in [0, 0.1) is 17.3 Å². The molecule has 14 heteroatoms. The van der Waals surface area contributed by atoms with Gasteiger partial charge in [0.25, 0.3) is 0 Å².